The molecule has 198 valence electrons. The van der Waals surface area contributed by atoms with E-state index in [4.69, 9.17) is 0 Å². The number of rotatable bonds is 7. The van der Waals surface area contributed by atoms with Crippen LogP contribution < -0.4 is 0 Å². The van der Waals surface area contributed by atoms with E-state index in [-0.39, 0.29) is 5.41 Å². The lowest BCUT2D eigenvalue weighted by Gasteiger charge is -2.39. The summed E-state index contributed by atoms with van der Waals surface area (Å²) < 4.78 is 1.08. The van der Waals surface area contributed by atoms with Gasteiger partial charge in [0.25, 0.3) is 0 Å². The Morgan fingerprint density at radius 3 is 2.05 bits per heavy atom. The molecule has 3 aliphatic rings. The summed E-state index contributed by atoms with van der Waals surface area (Å²) in [5, 5.41) is 0. The van der Waals surface area contributed by atoms with Gasteiger partial charge < -0.3 is 9.80 Å². The fourth-order valence-corrected chi connectivity index (χ4v) is 7.27. The number of hydrogen-bond acceptors (Lipinski definition) is 3. The van der Waals surface area contributed by atoms with Crippen molar-refractivity contribution in [3.63, 3.8) is 0 Å². The summed E-state index contributed by atoms with van der Waals surface area (Å²) in [6, 6.07) is 30.4. The van der Waals surface area contributed by atoms with E-state index in [0.29, 0.717) is 17.7 Å². The number of halogens is 1. The average molecular weight is 573 g/mol. The van der Waals surface area contributed by atoms with Gasteiger partial charge in [0.1, 0.15) is 0 Å². The zero-order valence-corrected chi connectivity index (χ0v) is 23.7. The molecule has 3 aromatic rings. The van der Waals surface area contributed by atoms with Gasteiger partial charge in [0, 0.05) is 49.7 Å². The average Bonchev–Trinajstić information content (AvgIpc) is 3.48. The number of benzene rings is 3. The third-order valence-electron chi connectivity index (χ3n) is 9.19. The van der Waals surface area contributed by atoms with Gasteiger partial charge in [0.2, 0.25) is 5.91 Å². The minimum absolute atomic E-state index is 0.139. The van der Waals surface area contributed by atoms with Gasteiger partial charge in [-0.1, -0.05) is 88.7 Å². The molecule has 1 spiro atoms. The van der Waals surface area contributed by atoms with Crippen LogP contribution in [0.1, 0.15) is 41.9 Å². The van der Waals surface area contributed by atoms with Crippen molar-refractivity contribution in [2.45, 2.75) is 38.3 Å². The summed E-state index contributed by atoms with van der Waals surface area (Å²) in [5.74, 6) is 1.56. The molecule has 3 saturated heterocycles. The smallest absolute Gasteiger partial charge is 0.229 e. The summed E-state index contributed by atoms with van der Waals surface area (Å²) in [5.41, 5.74) is 3.94. The molecule has 2 atom stereocenters. The molecule has 0 radical (unpaired) electrons. The molecule has 38 heavy (non-hydrogen) atoms. The first-order valence-electron chi connectivity index (χ1n) is 14.2. The number of carbonyl (C=O) groups is 1. The Morgan fingerprint density at radius 1 is 0.711 bits per heavy atom. The van der Waals surface area contributed by atoms with Gasteiger partial charge in [-0.3, -0.25) is 9.69 Å². The van der Waals surface area contributed by atoms with Crippen molar-refractivity contribution in [1.82, 2.24) is 14.7 Å². The van der Waals surface area contributed by atoms with Crippen molar-refractivity contribution in [3.8, 4) is 0 Å². The molecular weight excluding hydrogens is 534 g/mol. The van der Waals surface area contributed by atoms with Crippen LogP contribution in [0.25, 0.3) is 0 Å². The number of hydrogen-bond donors (Lipinski definition) is 0. The molecular formula is C33H38BrN3O. The minimum atomic E-state index is -0.139. The first kappa shape index (κ1) is 25.8. The molecule has 3 fully saturated rings. The highest BCUT2D eigenvalue weighted by Crippen LogP contribution is 2.43. The fourth-order valence-electron chi connectivity index (χ4n) is 7.01. The number of piperidine rings is 1. The van der Waals surface area contributed by atoms with Gasteiger partial charge in [-0.2, -0.15) is 0 Å². The molecule has 0 aromatic heterocycles. The Balaban J connectivity index is 1.08. The van der Waals surface area contributed by atoms with E-state index in [1.165, 1.54) is 16.7 Å². The highest BCUT2D eigenvalue weighted by Gasteiger charge is 2.48. The maximum Gasteiger partial charge on any atom is 0.229 e. The van der Waals surface area contributed by atoms with Crippen molar-refractivity contribution >= 4 is 21.8 Å². The summed E-state index contributed by atoms with van der Waals surface area (Å²) in [6.45, 7) is 8.09. The lowest BCUT2D eigenvalue weighted by Crippen LogP contribution is -2.46. The Bertz CT molecular complexity index is 1210. The molecule has 0 aliphatic carbocycles. The second-order valence-electron chi connectivity index (χ2n) is 11.6. The first-order chi connectivity index (χ1) is 18.6. The zero-order valence-electron chi connectivity index (χ0n) is 22.1. The monoisotopic (exact) mass is 571 g/mol. The van der Waals surface area contributed by atoms with Crippen LogP contribution in [0.3, 0.4) is 0 Å². The van der Waals surface area contributed by atoms with Crippen LogP contribution in [0.2, 0.25) is 0 Å². The molecule has 4 nitrogen and oxygen atoms in total. The molecule has 0 N–H and O–H groups in total. The number of amides is 1. The normalized spacial score (nSPS) is 23.9. The molecule has 5 heteroatoms. The molecule has 1 amide bonds. The third kappa shape index (κ3) is 5.61. The minimum Gasteiger partial charge on any atom is -0.338 e. The van der Waals surface area contributed by atoms with Crippen molar-refractivity contribution in [1.29, 1.82) is 0 Å². The van der Waals surface area contributed by atoms with E-state index >= 15 is 0 Å². The summed E-state index contributed by atoms with van der Waals surface area (Å²) in [4.78, 5) is 20.9. The molecule has 6 rings (SSSR count). The lowest BCUT2D eigenvalue weighted by atomic mass is 9.76. The van der Waals surface area contributed by atoms with E-state index < -0.39 is 0 Å². The van der Waals surface area contributed by atoms with E-state index in [0.717, 1.165) is 76.1 Å². The van der Waals surface area contributed by atoms with Crippen molar-refractivity contribution in [3.05, 3.63) is 106 Å². The molecule has 0 bridgehead atoms. The summed E-state index contributed by atoms with van der Waals surface area (Å²) in [7, 11) is 0. The van der Waals surface area contributed by atoms with E-state index in [1.54, 1.807) is 0 Å². The van der Waals surface area contributed by atoms with Gasteiger partial charge >= 0.3 is 0 Å². The molecule has 0 unspecified atom stereocenters. The van der Waals surface area contributed by atoms with Crippen LogP contribution >= 0.6 is 15.9 Å². The van der Waals surface area contributed by atoms with Crippen LogP contribution in [0.4, 0.5) is 0 Å². The number of carbonyl (C=O) groups excluding carboxylic acids is 1. The molecule has 3 aliphatic heterocycles. The lowest BCUT2D eigenvalue weighted by molar-refractivity contribution is -0.139. The zero-order chi connectivity index (χ0) is 26.0. The van der Waals surface area contributed by atoms with Gasteiger partial charge in [-0.05, 0) is 67.1 Å². The summed E-state index contributed by atoms with van der Waals surface area (Å²) in [6.07, 6.45) is 3.01. The number of likely N-dealkylation sites (tertiary alicyclic amines) is 3. The Labute approximate surface area is 235 Å². The van der Waals surface area contributed by atoms with Gasteiger partial charge in [-0.25, -0.2) is 0 Å². The fraction of sp³-hybridized carbons (Fsp3) is 0.424. The second-order valence-corrected chi connectivity index (χ2v) is 12.6. The maximum atomic E-state index is 13.5. The van der Waals surface area contributed by atoms with Crippen LogP contribution in [-0.2, 0) is 17.9 Å². The van der Waals surface area contributed by atoms with Crippen molar-refractivity contribution in [2.75, 3.05) is 39.3 Å². The second kappa shape index (κ2) is 11.3. The van der Waals surface area contributed by atoms with E-state index in [9.17, 15) is 4.79 Å². The van der Waals surface area contributed by atoms with E-state index in [1.807, 2.05) is 0 Å². The van der Waals surface area contributed by atoms with Gasteiger partial charge in [0.15, 0.2) is 0 Å². The predicted octanol–water partition coefficient (Wildman–Crippen LogP) is 6.18. The van der Waals surface area contributed by atoms with Crippen molar-refractivity contribution in [2.24, 2.45) is 11.3 Å². The Morgan fingerprint density at radius 2 is 1.34 bits per heavy atom. The summed E-state index contributed by atoms with van der Waals surface area (Å²) >= 11 is 3.51. The van der Waals surface area contributed by atoms with Crippen LogP contribution in [0.5, 0.6) is 0 Å². The van der Waals surface area contributed by atoms with Crippen LogP contribution in [0, 0.1) is 11.3 Å². The molecule has 3 aromatic carbocycles. The van der Waals surface area contributed by atoms with Crippen LogP contribution in [0.15, 0.2) is 89.4 Å². The highest BCUT2D eigenvalue weighted by molar-refractivity contribution is 9.10. The molecule has 3 heterocycles. The maximum absolute atomic E-state index is 13.5. The SMILES string of the molecule is O=C1N(Cc2ccc(Br)cc2)CCC12CCN(C[C@H]1CN(Cc3ccccc3)C[C@@H]1c1ccccc1)CC2. The third-order valence-corrected chi connectivity index (χ3v) is 9.72. The Kier molecular flexibility index (Phi) is 7.69. The van der Waals surface area contributed by atoms with E-state index in [2.05, 4.69) is 116 Å². The first-order valence-corrected chi connectivity index (χ1v) is 14.9. The van der Waals surface area contributed by atoms with Crippen LogP contribution in [-0.4, -0.2) is 59.9 Å². The van der Waals surface area contributed by atoms with Gasteiger partial charge in [-0.15, -0.1) is 0 Å². The standard InChI is InChI=1S/C33H38BrN3O/c34-30-13-11-27(12-14-30)22-37-20-17-33(32(37)38)15-18-35(19-16-33)23-29-24-36(21-26-7-3-1-4-8-26)25-31(29)28-9-5-2-6-10-28/h1-14,29,31H,15-25H2/t29-,31+/m0/s1. The Hall–Kier alpha value is -2.47. The number of nitrogens with zero attached hydrogens (tertiary/aromatic N) is 3. The topological polar surface area (TPSA) is 26.8 Å². The largest absolute Gasteiger partial charge is 0.338 e. The predicted molar refractivity (Wildman–Crippen MR) is 157 cm³/mol. The highest BCUT2D eigenvalue weighted by atomic mass is 79.9. The quantitative estimate of drug-likeness (QED) is 0.339. The van der Waals surface area contributed by atoms with Crippen molar-refractivity contribution < 1.29 is 4.79 Å². The molecule has 0 saturated carbocycles. The van der Waals surface area contributed by atoms with Gasteiger partial charge in [0.05, 0.1) is 5.41 Å².